The average Bonchev–Trinajstić information content (AvgIpc) is 2.69. The fraction of sp³-hybridized carbons (Fsp3) is 0.273. The van der Waals surface area contributed by atoms with Gasteiger partial charge in [-0.05, 0) is 63.0 Å². The van der Waals surface area contributed by atoms with Crippen molar-refractivity contribution in [1.29, 1.82) is 0 Å². The Bertz CT molecular complexity index is 1040. The SMILES string of the molecule is C/C=C(F)\C=C(/C)c1ncc(C(=O)NC)c2c1Oc1c(C)c(C)cc(C)c1N2. The van der Waals surface area contributed by atoms with Crippen LogP contribution in [0.5, 0.6) is 11.5 Å². The van der Waals surface area contributed by atoms with Crippen molar-refractivity contribution in [3.8, 4) is 11.5 Å². The molecular formula is C22H24FN3O2. The first-order valence-electron chi connectivity index (χ1n) is 9.09. The van der Waals surface area contributed by atoms with Crippen LogP contribution >= 0.6 is 0 Å². The number of hydrogen-bond donors (Lipinski definition) is 2. The Morgan fingerprint density at radius 1 is 1.21 bits per heavy atom. The van der Waals surface area contributed by atoms with Crippen molar-refractivity contribution in [2.75, 3.05) is 12.4 Å². The summed E-state index contributed by atoms with van der Waals surface area (Å²) in [7, 11) is 1.56. The fourth-order valence-electron chi connectivity index (χ4n) is 3.22. The fourth-order valence-corrected chi connectivity index (χ4v) is 3.22. The maximum Gasteiger partial charge on any atom is 0.254 e. The summed E-state index contributed by atoms with van der Waals surface area (Å²) in [5.74, 6) is 0.467. The molecule has 0 spiro atoms. The zero-order valence-electron chi connectivity index (χ0n) is 17.0. The number of aryl methyl sites for hydroxylation is 2. The van der Waals surface area contributed by atoms with Gasteiger partial charge in [0.05, 0.1) is 16.9 Å². The predicted molar refractivity (Wildman–Crippen MR) is 110 cm³/mol. The second-order valence-electron chi connectivity index (χ2n) is 6.87. The van der Waals surface area contributed by atoms with Crippen LogP contribution in [0.4, 0.5) is 15.8 Å². The molecule has 2 heterocycles. The van der Waals surface area contributed by atoms with Gasteiger partial charge in [0, 0.05) is 13.2 Å². The Balaban J connectivity index is 2.27. The smallest absolute Gasteiger partial charge is 0.254 e. The number of ether oxygens (including phenoxy) is 1. The number of carbonyl (C=O) groups excluding carboxylic acids is 1. The highest BCUT2D eigenvalue weighted by Gasteiger charge is 2.29. The number of nitrogens with one attached hydrogen (secondary N) is 2. The van der Waals surface area contributed by atoms with Crippen molar-refractivity contribution in [2.45, 2.75) is 34.6 Å². The lowest BCUT2D eigenvalue weighted by atomic mass is 10.00. The van der Waals surface area contributed by atoms with Crippen LogP contribution in [0, 0.1) is 20.8 Å². The third kappa shape index (κ3) is 3.26. The van der Waals surface area contributed by atoms with Crippen molar-refractivity contribution in [3.63, 3.8) is 0 Å². The normalized spacial score (nSPS) is 13.2. The first-order chi connectivity index (χ1) is 13.3. The second-order valence-corrected chi connectivity index (χ2v) is 6.87. The number of benzene rings is 1. The van der Waals surface area contributed by atoms with Crippen LogP contribution in [-0.2, 0) is 0 Å². The van der Waals surface area contributed by atoms with E-state index < -0.39 is 0 Å². The van der Waals surface area contributed by atoms with Crippen molar-refractivity contribution >= 4 is 22.9 Å². The summed E-state index contributed by atoms with van der Waals surface area (Å²) in [5.41, 5.74) is 5.90. The van der Waals surface area contributed by atoms with Gasteiger partial charge >= 0.3 is 0 Å². The van der Waals surface area contributed by atoms with E-state index in [1.807, 2.05) is 20.8 Å². The Kier molecular flexibility index (Phi) is 5.23. The molecule has 0 saturated carbocycles. The molecule has 0 bridgehead atoms. The Hall–Kier alpha value is -3.15. The van der Waals surface area contributed by atoms with Crippen LogP contribution < -0.4 is 15.4 Å². The van der Waals surface area contributed by atoms with E-state index in [0.29, 0.717) is 34.0 Å². The molecule has 0 atom stereocenters. The highest BCUT2D eigenvalue weighted by molar-refractivity contribution is 6.03. The van der Waals surface area contributed by atoms with Crippen molar-refractivity contribution in [2.24, 2.45) is 0 Å². The summed E-state index contributed by atoms with van der Waals surface area (Å²) in [6.45, 7) is 9.38. The summed E-state index contributed by atoms with van der Waals surface area (Å²) < 4.78 is 20.1. The van der Waals surface area contributed by atoms with Gasteiger partial charge in [-0.1, -0.05) is 12.1 Å². The van der Waals surface area contributed by atoms with E-state index in [1.54, 1.807) is 20.9 Å². The number of carbonyl (C=O) groups is 1. The zero-order chi connectivity index (χ0) is 20.6. The molecule has 0 aliphatic carbocycles. The number of aromatic nitrogens is 1. The largest absolute Gasteiger partial charge is 0.450 e. The van der Waals surface area contributed by atoms with E-state index in [1.165, 1.54) is 18.3 Å². The molecule has 6 heteroatoms. The van der Waals surface area contributed by atoms with E-state index in [-0.39, 0.29) is 11.7 Å². The molecule has 0 saturated heterocycles. The van der Waals surface area contributed by atoms with Gasteiger partial charge in [-0.25, -0.2) is 4.39 Å². The minimum atomic E-state index is -0.365. The topological polar surface area (TPSA) is 63.2 Å². The quantitative estimate of drug-likeness (QED) is 0.589. The molecule has 1 aromatic heterocycles. The van der Waals surface area contributed by atoms with Crippen molar-refractivity contribution in [1.82, 2.24) is 10.3 Å². The first kappa shape index (κ1) is 19.6. The van der Waals surface area contributed by atoms with Gasteiger partial charge in [-0.2, -0.15) is 0 Å². The zero-order valence-corrected chi connectivity index (χ0v) is 17.0. The summed E-state index contributed by atoms with van der Waals surface area (Å²) in [4.78, 5) is 16.8. The molecule has 1 amide bonds. The molecule has 0 fully saturated rings. The van der Waals surface area contributed by atoms with Gasteiger partial charge in [-0.3, -0.25) is 9.78 Å². The Labute approximate surface area is 164 Å². The first-order valence-corrected chi connectivity index (χ1v) is 9.09. The summed E-state index contributed by atoms with van der Waals surface area (Å²) in [6, 6.07) is 2.07. The summed E-state index contributed by atoms with van der Waals surface area (Å²) in [5, 5.41) is 5.98. The van der Waals surface area contributed by atoms with Gasteiger partial charge in [0.1, 0.15) is 11.5 Å². The number of halogens is 1. The Morgan fingerprint density at radius 3 is 2.57 bits per heavy atom. The van der Waals surface area contributed by atoms with Gasteiger partial charge in [0.2, 0.25) is 0 Å². The minimum Gasteiger partial charge on any atom is -0.450 e. The lowest BCUT2D eigenvalue weighted by Crippen LogP contribution is -2.21. The van der Waals surface area contributed by atoms with Crippen molar-refractivity contribution in [3.05, 3.63) is 58.2 Å². The minimum absolute atomic E-state index is 0.280. The van der Waals surface area contributed by atoms with E-state index >= 15 is 0 Å². The average molecular weight is 381 g/mol. The van der Waals surface area contributed by atoms with Crippen LogP contribution in [0.25, 0.3) is 5.57 Å². The summed E-state index contributed by atoms with van der Waals surface area (Å²) in [6.07, 6.45) is 4.26. The molecule has 2 aromatic rings. The second kappa shape index (κ2) is 7.46. The molecule has 28 heavy (non-hydrogen) atoms. The summed E-state index contributed by atoms with van der Waals surface area (Å²) >= 11 is 0. The van der Waals surface area contributed by atoms with Gasteiger partial charge in [0.25, 0.3) is 5.91 Å². The number of rotatable bonds is 3. The maximum atomic E-state index is 13.8. The lowest BCUT2D eigenvalue weighted by molar-refractivity contribution is 0.0963. The molecule has 5 nitrogen and oxygen atoms in total. The van der Waals surface area contributed by atoms with Crippen molar-refractivity contribution < 1.29 is 13.9 Å². The van der Waals surface area contributed by atoms with Gasteiger partial charge in [-0.15, -0.1) is 0 Å². The number of pyridine rings is 1. The standard InChI is InChI=1S/C22H24FN3O2/c1-7-15(23)9-13(4)17-21-19(16(10-25-17)22(27)24-6)26-18-12(3)8-11(2)14(5)20(18)28-21/h7-10,26H,1-6H3,(H,24,27)/b13-9+,15-7+. The van der Waals surface area contributed by atoms with E-state index in [9.17, 15) is 9.18 Å². The molecular weight excluding hydrogens is 357 g/mol. The van der Waals surface area contributed by atoms with Crippen LogP contribution in [0.15, 0.2) is 30.2 Å². The highest BCUT2D eigenvalue weighted by atomic mass is 19.1. The molecule has 1 aromatic carbocycles. The molecule has 2 N–H and O–H groups in total. The predicted octanol–water partition coefficient (Wildman–Crippen LogP) is 5.49. The molecule has 0 unspecified atom stereocenters. The molecule has 146 valence electrons. The molecule has 3 rings (SSSR count). The monoisotopic (exact) mass is 381 g/mol. The van der Waals surface area contributed by atoms with Crippen LogP contribution in [-0.4, -0.2) is 17.9 Å². The lowest BCUT2D eigenvalue weighted by Gasteiger charge is -2.28. The molecule has 1 aliphatic rings. The van der Waals surface area contributed by atoms with Crippen LogP contribution in [0.1, 0.15) is 46.6 Å². The van der Waals surface area contributed by atoms with Crippen LogP contribution in [0.3, 0.4) is 0 Å². The van der Waals surface area contributed by atoms with E-state index in [0.717, 1.165) is 22.4 Å². The molecule has 0 radical (unpaired) electrons. The van der Waals surface area contributed by atoms with E-state index in [4.69, 9.17) is 4.74 Å². The number of fused-ring (bicyclic) bond motifs is 2. The number of nitrogens with zero attached hydrogens (tertiary/aromatic N) is 1. The number of hydrogen-bond acceptors (Lipinski definition) is 4. The third-order valence-corrected chi connectivity index (χ3v) is 4.95. The highest BCUT2D eigenvalue weighted by Crippen LogP contribution is 2.49. The van der Waals surface area contributed by atoms with Crippen LogP contribution in [0.2, 0.25) is 0 Å². The third-order valence-electron chi connectivity index (χ3n) is 4.95. The van der Waals surface area contributed by atoms with E-state index in [2.05, 4.69) is 21.7 Å². The maximum absolute atomic E-state index is 13.8. The number of anilines is 2. The van der Waals surface area contributed by atoms with Gasteiger partial charge in [0.15, 0.2) is 11.5 Å². The molecule has 1 aliphatic heterocycles. The van der Waals surface area contributed by atoms with Gasteiger partial charge < -0.3 is 15.4 Å². The number of amides is 1. The Morgan fingerprint density at radius 2 is 1.93 bits per heavy atom. The number of allylic oxidation sites excluding steroid dienone is 4.